The number of benzene rings is 2. The van der Waals surface area contributed by atoms with Crippen molar-refractivity contribution in [3.63, 3.8) is 0 Å². The first-order valence-corrected chi connectivity index (χ1v) is 8.26. The van der Waals surface area contributed by atoms with Gasteiger partial charge < -0.3 is 15.4 Å². The molecule has 0 atom stereocenters. The van der Waals surface area contributed by atoms with Gasteiger partial charge in [0.15, 0.2) is 6.61 Å². The van der Waals surface area contributed by atoms with Crippen molar-refractivity contribution in [2.24, 2.45) is 0 Å². The first-order valence-electron chi connectivity index (χ1n) is 8.26. The molecule has 1 fully saturated rings. The Morgan fingerprint density at radius 1 is 1.04 bits per heavy atom. The number of hydrogen-bond acceptors (Lipinski definition) is 4. The number of anilines is 1. The number of halogens is 2. The standard InChI is InChI=1S/C19H16F2N2O4/c20-11-5-8-13(15(21)9-11)19(26)27-10-17(24)23-16-4-2-1-3-14(16)18(25)22-12-6-7-12/h1-5,8-9,12H,6-7,10H2,(H,22,25)(H,23,24). The number of carbonyl (C=O) groups is 3. The smallest absolute Gasteiger partial charge is 0.341 e. The van der Waals surface area contributed by atoms with Gasteiger partial charge in [0.05, 0.1) is 16.8 Å². The van der Waals surface area contributed by atoms with E-state index in [0.29, 0.717) is 6.07 Å². The lowest BCUT2D eigenvalue weighted by Gasteiger charge is -2.11. The number of carbonyl (C=O) groups excluding carboxylic acids is 3. The molecule has 2 amide bonds. The number of rotatable bonds is 6. The third kappa shape index (κ3) is 4.87. The maximum atomic E-state index is 13.5. The summed E-state index contributed by atoms with van der Waals surface area (Å²) in [7, 11) is 0. The van der Waals surface area contributed by atoms with Gasteiger partial charge in [-0.3, -0.25) is 9.59 Å². The SMILES string of the molecule is O=C(COC(=O)c1ccc(F)cc1F)Nc1ccccc1C(=O)NC1CC1. The highest BCUT2D eigenvalue weighted by molar-refractivity contribution is 6.04. The zero-order valence-electron chi connectivity index (χ0n) is 14.1. The van der Waals surface area contributed by atoms with Crippen LogP contribution in [0.15, 0.2) is 42.5 Å². The minimum atomic E-state index is -1.09. The molecule has 2 N–H and O–H groups in total. The fourth-order valence-electron chi connectivity index (χ4n) is 2.33. The largest absolute Gasteiger partial charge is 0.452 e. The summed E-state index contributed by atoms with van der Waals surface area (Å²) in [5, 5.41) is 5.30. The van der Waals surface area contributed by atoms with Crippen molar-refractivity contribution < 1.29 is 27.9 Å². The van der Waals surface area contributed by atoms with E-state index in [-0.39, 0.29) is 23.2 Å². The Morgan fingerprint density at radius 3 is 2.48 bits per heavy atom. The Labute approximate surface area is 153 Å². The number of amides is 2. The molecule has 2 aromatic carbocycles. The number of nitrogens with one attached hydrogen (secondary N) is 2. The average molecular weight is 374 g/mol. The number of esters is 1. The van der Waals surface area contributed by atoms with Gasteiger partial charge in [-0.2, -0.15) is 0 Å². The van der Waals surface area contributed by atoms with E-state index in [2.05, 4.69) is 10.6 Å². The van der Waals surface area contributed by atoms with Gasteiger partial charge >= 0.3 is 5.97 Å². The van der Waals surface area contributed by atoms with Crippen LogP contribution >= 0.6 is 0 Å². The third-order valence-electron chi connectivity index (χ3n) is 3.84. The van der Waals surface area contributed by atoms with Crippen LogP contribution < -0.4 is 10.6 Å². The van der Waals surface area contributed by atoms with Crippen molar-refractivity contribution in [1.29, 1.82) is 0 Å². The summed E-state index contributed by atoms with van der Waals surface area (Å²) >= 11 is 0. The monoisotopic (exact) mass is 374 g/mol. The van der Waals surface area contributed by atoms with E-state index in [9.17, 15) is 23.2 Å². The Morgan fingerprint density at radius 2 is 1.78 bits per heavy atom. The number of hydrogen-bond donors (Lipinski definition) is 2. The summed E-state index contributed by atoms with van der Waals surface area (Å²) in [6.07, 6.45) is 1.85. The molecule has 0 unspecified atom stereocenters. The van der Waals surface area contributed by atoms with Crippen molar-refractivity contribution in [1.82, 2.24) is 5.32 Å². The van der Waals surface area contributed by atoms with E-state index in [4.69, 9.17) is 4.74 Å². The highest BCUT2D eigenvalue weighted by Crippen LogP contribution is 2.21. The molecular formula is C19H16F2N2O4. The fourth-order valence-corrected chi connectivity index (χ4v) is 2.33. The molecule has 2 aromatic rings. The normalized spacial score (nSPS) is 13.0. The van der Waals surface area contributed by atoms with Crippen LogP contribution in [0, 0.1) is 11.6 Å². The Bertz CT molecular complexity index is 897. The topological polar surface area (TPSA) is 84.5 Å². The molecule has 0 saturated heterocycles. The second-order valence-corrected chi connectivity index (χ2v) is 6.04. The third-order valence-corrected chi connectivity index (χ3v) is 3.84. The number of ether oxygens (including phenoxy) is 1. The zero-order valence-corrected chi connectivity index (χ0v) is 14.1. The molecule has 1 aliphatic carbocycles. The fraction of sp³-hybridized carbons (Fsp3) is 0.211. The molecule has 27 heavy (non-hydrogen) atoms. The summed E-state index contributed by atoms with van der Waals surface area (Å²) in [5.41, 5.74) is 0.0757. The van der Waals surface area contributed by atoms with Crippen molar-refractivity contribution in [3.05, 3.63) is 65.2 Å². The van der Waals surface area contributed by atoms with E-state index < -0.39 is 35.7 Å². The lowest BCUT2D eigenvalue weighted by molar-refractivity contribution is -0.119. The van der Waals surface area contributed by atoms with Gasteiger partial charge in [0.2, 0.25) is 0 Å². The molecule has 140 valence electrons. The Hall–Kier alpha value is -3.29. The van der Waals surface area contributed by atoms with Gasteiger partial charge in [-0.1, -0.05) is 12.1 Å². The van der Waals surface area contributed by atoms with Crippen molar-refractivity contribution in [2.45, 2.75) is 18.9 Å². The van der Waals surface area contributed by atoms with Crippen molar-refractivity contribution in [3.8, 4) is 0 Å². The Kier molecular flexibility index (Phi) is 5.44. The average Bonchev–Trinajstić information content (AvgIpc) is 3.44. The summed E-state index contributed by atoms with van der Waals surface area (Å²) < 4.78 is 31.1. The molecule has 6 nitrogen and oxygen atoms in total. The maximum Gasteiger partial charge on any atom is 0.341 e. The molecule has 1 aliphatic rings. The first kappa shape index (κ1) is 18.5. The highest BCUT2D eigenvalue weighted by atomic mass is 19.1. The molecule has 3 rings (SSSR count). The molecule has 0 aliphatic heterocycles. The van der Waals surface area contributed by atoms with Crippen LogP contribution in [-0.2, 0) is 9.53 Å². The number of para-hydroxylation sites is 1. The summed E-state index contributed by atoms with van der Waals surface area (Å²) in [4.78, 5) is 36.0. The van der Waals surface area contributed by atoms with Crippen LogP contribution in [0.5, 0.6) is 0 Å². The van der Waals surface area contributed by atoms with Gasteiger partial charge in [-0.15, -0.1) is 0 Å². The van der Waals surface area contributed by atoms with Gasteiger partial charge in [-0.05, 0) is 37.1 Å². The first-order chi connectivity index (χ1) is 12.9. The zero-order chi connectivity index (χ0) is 19.4. The van der Waals surface area contributed by atoms with Crippen molar-refractivity contribution in [2.75, 3.05) is 11.9 Å². The lowest BCUT2D eigenvalue weighted by atomic mass is 10.1. The van der Waals surface area contributed by atoms with E-state index in [0.717, 1.165) is 25.0 Å². The van der Waals surface area contributed by atoms with E-state index in [1.54, 1.807) is 24.3 Å². The molecule has 0 radical (unpaired) electrons. The second kappa shape index (κ2) is 7.94. The van der Waals surface area contributed by atoms with E-state index in [1.165, 1.54) is 0 Å². The predicted octanol–water partition coefficient (Wildman–Crippen LogP) is 2.65. The van der Waals surface area contributed by atoms with E-state index >= 15 is 0 Å². The summed E-state index contributed by atoms with van der Waals surface area (Å²) in [6.45, 7) is -0.686. The lowest BCUT2D eigenvalue weighted by Crippen LogP contribution is -2.28. The van der Waals surface area contributed by atoms with Crippen molar-refractivity contribution >= 4 is 23.5 Å². The molecule has 0 spiro atoms. The van der Waals surface area contributed by atoms with Crippen LogP contribution in [0.1, 0.15) is 33.6 Å². The predicted molar refractivity (Wildman–Crippen MR) is 92.2 cm³/mol. The molecule has 0 bridgehead atoms. The van der Waals surface area contributed by atoms with Crippen LogP contribution in [0.2, 0.25) is 0 Å². The molecule has 8 heteroatoms. The van der Waals surface area contributed by atoms with Gasteiger partial charge in [-0.25, -0.2) is 13.6 Å². The maximum absolute atomic E-state index is 13.5. The molecular weight excluding hydrogens is 358 g/mol. The summed E-state index contributed by atoms with van der Waals surface area (Å²) in [5.74, 6) is -4.01. The highest BCUT2D eigenvalue weighted by Gasteiger charge is 2.25. The van der Waals surface area contributed by atoms with Crippen LogP contribution in [0.25, 0.3) is 0 Å². The van der Waals surface area contributed by atoms with Crippen LogP contribution in [0.4, 0.5) is 14.5 Å². The van der Waals surface area contributed by atoms with Crippen LogP contribution in [-0.4, -0.2) is 30.4 Å². The minimum absolute atomic E-state index is 0.160. The molecule has 0 heterocycles. The molecule has 0 aromatic heterocycles. The van der Waals surface area contributed by atoms with E-state index in [1.807, 2.05) is 0 Å². The van der Waals surface area contributed by atoms with Gasteiger partial charge in [0, 0.05) is 12.1 Å². The van der Waals surface area contributed by atoms with Gasteiger partial charge in [0.1, 0.15) is 11.6 Å². The minimum Gasteiger partial charge on any atom is -0.452 e. The quantitative estimate of drug-likeness (QED) is 0.762. The summed E-state index contributed by atoms with van der Waals surface area (Å²) in [6, 6.07) is 8.96. The molecule has 1 saturated carbocycles. The van der Waals surface area contributed by atoms with Gasteiger partial charge in [0.25, 0.3) is 11.8 Å². The van der Waals surface area contributed by atoms with Crippen LogP contribution in [0.3, 0.4) is 0 Å². The Balaban J connectivity index is 1.59. The second-order valence-electron chi connectivity index (χ2n) is 6.04.